The number of nitrogens with one attached hydrogen (secondary N) is 1. The second-order valence-corrected chi connectivity index (χ2v) is 3.73. The number of carbonyl (C=O) groups is 1. The summed E-state index contributed by atoms with van der Waals surface area (Å²) in [5.74, 6) is -0.647. The van der Waals surface area contributed by atoms with Crippen LogP contribution in [0.25, 0.3) is 0 Å². The molecule has 0 bridgehead atoms. The fourth-order valence-electron chi connectivity index (χ4n) is 1.63. The third kappa shape index (κ3) is 2.27. The summed E-state index contributed by atoms with van der Waals surface area (Å²) in [6.07, 6.45) is 0. The number of ether oxygens (including phenoxy) is 1. The Kier molecular flexibility index (Phi) is 3.18. The van der Waals surface area contributed by atoms with E-state index in [1.165, 1.54) is 4.68 Å². The Morgan fingerprint density at radius 1 is 1.39 bits per heavy atom. The van der Waals surface area contributed by atoms with Crippen molar-refractivity contribution in [3.8, 4) is 5.75 Å². The molecule has 0 radical (unpaired) electrons. The molecule has 0 saturated heterocycles. The molecule has 0 aliphatic heterocycles. The summed E-state index contributed by atoms with van der Waals surface area (Å²) >= 11 is 0. The molecule has 6 heteroatoms. The molecule has 0 fully saturated rings. The molecule has 0 unspecified atom stereocenters. The Morgan fingerprint density at radius 3 is 2.67 bits per heavy atom. The van der Waals surface area contributed by atoms with Crippen molar-refractivity contribution < 1.29 is 14.6 Å². The van der Waals surface area contributed by atoms with Crippen LogP contribution in [-0.2, 0) is 13.7 Å². The Hall–Kier alpha value is -2.50. The van der Waals surface area contributed by atoms with Crippen LogP contribution in [0.2, 0.25) is 0 Å². The molecule has 0 atom stereocenters. The number of hydrogen-bond acceptors (Lipinski definition) is 3. The lowest BCUT2D eigenvalue weighted by molar-refractivity contribution is 0.0692. The number of aromatic amines is 1. The van der Waals surface area contributed by atoms with Crippen molar-refractivity contribution in [2.45, 2.75) is 6.61 Å². The van der Waals surface area contributed by atoms with Crippen LogP contribution in [0.1, 0.15) is 16.1 Å². The summed E-state index contributed by atoms with van der Waals surface area (Å²) in [6.45, 7) is 0.0148. The first kappa shape index (κ1) is 12.0. The molecule has 0 aliphatic rings. The summed E-state index contributed by atoms with van der Waals surface area (Å²) in [4.78, 5) is 22.4. The van der Waals surface area contributed by atoms with Crippen LogP contribution < -0.4 is 10.3 Å². The molecule has 0 amide bonds. The van der Waals surface area contributed by atoms with Gasteiger partial charge in [0.1, 0.15) is 12.4 Å². The molecule has 1 aromatic heterocycles. The number of H-pyrrole nitrogens is 1. The predicted octanol–water partition coefficient (Wildman–Crippen LogP) is 0.991. The van der Waals surface area contributed by atoms with Crippen molar-refractivity contribution in [1.82, 2.24) is 9.78 Å². The summed E-state index contributed by atoms with van der Waals surface area (Å²) in [7, 11) is 1.57. The van der Waals surface area contributed by atoms with Gasteiger partial charge < -0.3 is 9.84 Å². The summed E-state index contributed by atoms with van der Waals surface area (Å²) in [5, 5.41) is 11.4. The molecule has 0 spiro atoms. The normalized spacial score (nSPS) is 10.3. The second-order valence-electron chi connectivity index (χ2n) is 3.73. The van der Waals surface area contributed by atoms with Crippen molar-refractivity contribution in [3.05, 3.63) is 51.9 Å². The summed E-state index contributed by atoms with van der Waals surface area (Å²) in [6, 6.07) is 8.98. The summed E-state index contributed by atoms with van der Waals surface area (Å²) < 4.78 is 6.79. The highest BCUT2D eigenvalue weighted by molar-refractivity contribution is 5.88. The number of aromatic carboxylic acids is 1. The zero-order chi connectivity index (χ0) is 13.1. The van der Waals surface area contributed by atoms with Crippen LogP contribution in [0.4, 0.5) is 0 Å². The Balaban J connectivity index is 2.24. The zero-order valence-electron chi connectivity index (χ0n) is 9.71. The molecule has 18 heavy (non-hydrogen) atoms. The molecule has 6 nitrogen and oxygen atoms in total. The highest BCUT2D eigenvalue weighted by Gasteiger charge is 2.19. The van der Waals surface area contributed by atoms with E-state index in [4.69, 9.17) is 9.84 Å². The van der Waals surface area contributed by atoms with E-state index in [0.717, 1.165) is 0 Å². The topological polar surface area (TPSA) is 84.3 Å². The van der Waals surface area contributed by atoms with Gasteiger partial charge in [0.25, 0.3) is 5.56 Å². The number of carboxylic acids is 1. The number of para-hydroxylation sites is 1. The summed E-state index contributed by atoms with van der Waals surface area (Å²) in [5.41, 5.74) is -0.610. The SMILES string of the molecule is Cn1[nH]c(=O)c(C(=O)O)c1COc1ccccc1. The number of aryl methyl sites for hydroxylation is 1. The standard InChI is InChI=1S/C12H12N2O4/c1-14-9(10(12(16)17)11(15)13-14)7-18-8-5-3-2-4-6-8/h2-6H,7H2,1H3,(H,13,15)(H,16,17). The first-order valence-corrected chi connectivity index (χ1v) is 5.28. The van der Waals surface area contributed by atoms with E-state index in [1.54, 1.807) is 19.2 Å². The first-order valence-electron chi connectivity index (χ1n) is 5.28. The van der Waals surface area contributed by atoms with Crippen LogP contribution in [0.15, 0.2) is 35.1 Å². The van der Waals surface area contributed by atoms with Crippen LogP contribution >= 0.6 is 0 Å². The molecule has 0 saturated carbocycles. The molecule has 2 aromatic rings. The fraction of sp³-hybridized carbons (Fsp3) is 0.167. The maximum absolute atomic E-state index is 11.4. The van der Waals surface area contributed by atoms with Crippen molar-refractivity contribution >= 4 is 5.97 Å². The zero-order valence-corrected chi connectivity index (χ0v) is 9.71. The number of nitrogens with zero attached hydrogens (tertiary/aromatic N) is 1. The van der Waals surface area contributed by atoms with Gasteiger partial charge in [-0.25, -0.2) is 4.79 Å². The number of benzene rings is 1. The lowest BCUT2D eigenvalue weighted by atomic mass is 10.2. The molecule has 94 valence electrons. The van der Waals surface area contributed by atoms with Crippen LogP contribution in [0, 0.1) is 0 Å². The predicted molar refractivity (Wildman–Crippen MR) is 63.8 cm³/mol. The molecule has 2 N–H and O–H groups in total. The quantitative estimate of drug-likeness (QED) is 0.845. The lowest BCUT2D eigenvalue weighted by Crippen LogP contribution is -2.14. The Labute approximate surface area is 102 Å². The highest BCUT2D eigenvalue weighted by Crippen LogP contribution is 2.12. The maximum atomic E-state index is 11.4. The van der Waals surface area contributed by atoms with Gasteiger partial charge in [0.05, 0.1) is 5.69 Å². The number of carboxylic acid groups (broad SMARTS) is 1. The van der Waals surface area contributed by atoms with Gasteiger partial charge in [-0.1, -0.05) is 18.2 Å². The molecule has 2 rings (SSSR count). The van der Waals surface area contributed by atoms with Crippen LogP contribution in [0.5, 0.6) is 5.75 Å². The van der Waals surface area contributed by atoms with E-state index in [-0.39, 0.29) is 12.2 Å². The third-order valence-electron chi connectivity index (χ3n) is 2.52. The van der Waals surface area contributed by atoms with E-state index in [1.807, 2.05) is 18.2 Å². The van der Waals surface area contributed by atoms with Crippen molar-refractivity contribution in [1.29, 1.82) is 0 Å². The van der Waals surface area contributed by atoms with Gasteiger partial charge in [0, 0.05) is 7.05 Å². The van der Waals surface area contributed by atoms with Gasteiger partial charge in [-0.15, -0.1) is 0 Å². The number of hydrogen-bond donors (Lipinski definition) is 2. The van der Waals surface area contributed by atoms with Crippen molar-refractivity contribution in [2.24, 2.45) is 7.05 Å². The van der Waals surface area contributed by atoms with Crippen LogP contribution in [-0.4, -0.2) is 20.9 Å². The van der Waals surface area contributed by atoms with Crippen LogP contribution in [0.3, 0.4) is 0 Å². The first-order chi connectivity index (χ1) is 8.59. The minimum absolute atomic E-state index is 0.0148. The molecule has 1 aromatic carbocycles. The molecular weight excluding hydrogens is 236 g/mol. The molecule has 1 heterocycles. The average molecular weight is 248 g/mol. The molecule has 0 aliphatic carbocycles. The monoisotopic (exact) mass is 248 g/mol. The van der Waals surface area contributed by atoms with Gasteiger partial charge in [-0.3, -0.25) is 14.6 Å². The number of rotatable bonds is 4. The van der Waals surface area contributed by atoms with E-state index in [0.29, 0.717) is 11.4 Å². The molecular formula is C12H12N2O4. The van der Waals surface area contributed by atoms with Crippen molar-refractivity contribution in [2.75, 3.05) is 0 Å². The highest BCUT2D eigenvalue weighted by atomic mass is 16.5. The van der Waals surface area contributed by atoms with Gasteiger partial charge in [0.2, 0.25) is 0 Å². The van der Waals surface area contributed by atoms with E-state index < -0.39 is 11.5 Å². The van der Waals surface area contributed by atoms with Gasteiger partial charge in [-0.05, 0) is 12.1 Å². The second kappa shape index (κ2) is 4.79. The van der Waals surface area contributed by atoms with Crippen molar-refractivity contribution in [3.63, 3.8) is 0 Å². The van der Waals surface area contributed by atoms with Gasteiger partial charge in [0.15, 0.2) is 5.56 Å². The smallest absolute Gasteiger partial charge is 0.343 e. The van der Waals surface area contributed by atoms with E-state index in [9.17, 15) is 9.59 Å². The number of aromatic nitrogens is 2. The Morgan fingerprint density at radius 2 is 2.06 bits per heavy atom. The Bertz CT molecular complexity index is 613. The lowest BCUT2D eigenvalue weighted by Gasteiger charge is -2.07. The largest absolute Gasteiger partial charge is 0.487 e. The maximum Gasteiger partial charge on any atom is 0.343 e. The van der Waals surface area contributed by atoms with Gasteiger partial charge >= 0.3 is 5.97 Å². The van der Waals surface area contributed by atoms with Gasteiger partial charge in [-0.2, -0.15) is 0 Å². The minimum Gasteiger partial charge on any atom is -0.487 e. The minimum atomic E-state index is -1.26. The fourth-order valence-corrected chi connectivity index (χ4v) is 1.63. The third-order valence-corrected chi connectivity index (χ3v) is 2.52. The average Bonchev–Trinajstić information content (AvgIpc) is 2.62. The van der Waals surface area contributed by atoms with E-state index >= 15 is 0 Å². The van der Waals surface area contributed by atoms with E-state index in [2.05, 4.69) is 5.10 Å².